The number of nitrogens with two attached hydrogens (primary N) is 1. The molecule has 0 spiro atoms. The van der Waals surface area contributed by atoms with Crippen LogP contribution in [0.5, 0.6) is 0 Å². The molecule has 110 valence electrons. The molecule has 6 nitrogen and oxygen atoms in total. The van der Waals surface area contributed by atoms with Crippen molar-refractivity contribution in [2.24, 2.45) is 0 Å². The second-order valence-electron chi connectivity index (χ2n) is 4.57. The summed E-state index contributed by atoms with van der Waals surface area (Å²) in [6.07, 6.45) is 1.49. The molecule has 20 heavy (non-hydrogen) atoms. The van der Waals surface area contributed by atoms with E-state index in [-0.39, 0.29) is 22.2 Å². The molecule has 0 amide bonds. The van der Waals surface area contributed by atoms with Gasteiger partial charge in [0.2, 0.25) is 10.0 Å². The van der Waals surface area contributed by atoms with Crippen molar-refractivity contribution in [3.8, 4) is 0 Å². The molecule has 2 rings (SSSR count). The lowest BCUT2D eigenvalue weighted by molar-refractivity contribution is 0.0692. The Morgan fingerprint density at radius 3 is 2.60 bits per heavy atom. The van der Waals surface area contributed by atoms with Crippen LogP contribution in [0.25, 0.3) is 0 Å². The molecule has 0 unspecified atom stereocenters. The van der Waals surface area contributed by atoms with Gasteiger partial charge in [0.05, 0.1) is 10.5 Å². The van der Waals surface area contributed by atoms with Gasteiger partial charge in [0, 0.05) is 11.7 Å². The van der Waals surface area contributed by atoms with E-state index in [9.17, 15) is 13.2 Å². The number of anilines is 1. The number of carbonyl (C=O) groups is 1. The first kappa shape index (κ1) is 15.1. The van der Waals surface area contributed by atoms with Gasteiger partial charge in [0.1, 0.15) is 0 Å². The molecular weight excluding hydrogens is 300 g/mol. The van der Waals surface area contributed by atoms with Crippen molar-refractivity contribution in [2.75, 3.05) is 17.2 Å². The Morgan fingerprint density at radius 1 is 1.35 bits per heavy atom. The molecule has 0 radical (unpaired) electrons. The Labute approximate surface area is 121 Å². The van der Waals surface area contributed by atoms with E-state index in [4.69, 9.17) is 10.8 Å². The number of rotatable bonds is 4. The third-order valence-corrected chi connectivity index (χ3v) is 5.68. The lowest BCUT2D eigenvalue weighted by Gasteiger charge is -2.22. The highest BCUT2D eigenvalue weighted by Gasteiger charge is 2.26. The zero-order chi connectivity index (χ0) is 14.8. The highest BCUT2D eigenvalue weighted by atomic mass is 32.2. The van der Waals surface area contributed by atoms with E-state index in [0.717, 1.165) is 24.3 Å². The first-order chi connectivity index (χ1) is 9.40. The van der Waals surface area contributed by atoms with Crippen molar-refractivity contribution in [3.63, 3.8) is 0 Å². The number of nitrogen functional groups attached to an aromatic ring is 1. The maximum Gasteiger partial charge on any atom is 0.337 e. The summed E-state index contributed by atoms with van der Waals surface area (Å²) in [5.41, 5.74) is 5.52. The second-order valence-corrected chi connectivity index (χ2v) is 7.48. The van der Waals surface area contributed by atoms with Gasteiger partial charge in [-0.1, -0.05) is 0 Å². The van der Waals surface area contributed by atoms with Crippen LogP contribution in [0.4, 0.5) is 5.69 Å². The number of nitrogens with one attached hydrogen (secondary N) is 1. The molecule has 8 heteroatoms. The van der Waals surface area contributed by atoms with Crippen molar-refractivity contribution in [1.29, 1.82) is 0 Å². The number of benzene rings is 1. The third kappa shape index (κ3) is 3.44. The van der Waals surface area contributed by atoms with Crippen LogP contribution in [0, 0.1) is 0 Å². The minimum atomic E-state index is -3.88. The first-order valence-corrected chi connectivity index (χ1v) is 8.77. The van der Waals surface area contributed by atoms with Gasteiger partial charge < -0.3 is 10.8 Å². The highest BCUT2D eigenvalue weighted by molar-refractivity contribution is 7.99. The van der Waals surface area contributed by atoms with Crippen molar-refractivity contribution >= 4 is 33.4 Å². The molecule has 4 N–H and O–H groups in total. The fourth-order valence-corrected chi connectivity index (χ4v) is 4.68. The van der Waals surface area contributed by atoms with Gasteiger partial charge in [-0.2, -0.15) is 11.8 Å². The van der Waals surface area contributed by atoms with E-state index in [1.165, 1.54) is 18.2 Å². The van der Waals surface area contributed by atoms with Crippen LogP contribution in [-0.4, -0.2) is 37.0 Å². The quantitative estimate of drug-likeness (QED) is 0.719. The molecule has 0 bridgehead atoms. The van der Waals surface area contributed by atoms with E-state index >= 15 is 0 Å². The Morgan fingerprint density at radius 2 is 2.00 bits per heavy atom. The molecule has 1 heterocycles. The fourth-order valence-electron chi connectivity index (χ4n) is 2.04. The molecule has 1 aliphatic heterocycles. The van der Waals surface area contributed by atoms with Gasteiger partial charge in [-0.3, -0.25) is 0 Å². The monoisotopic (exact) mass is 316 g/mol. The van der Waals surface area contributed by atoms with Crippen molar-refractivity contribution in [2.45, 2.75) is 23.8 Å². The Hall–Kier alpha value is -1.25. The van der Waals surface area contributed by atoms with Crippen LogP contribution < -0.4 is 10.5 Å². The number of thioether (sulfide) groups is 1. The SMILES string of the molecule is Nc1ccc(C(=O)O)c(S(=O)(=O)NC2CCSCC2)c1. The normalized spacial score (nSPS) is 17.0. The van der Waals surface area contributed by atoms with E-state index < -0.39 is 16.0 Å². The Bertz CT molecular complexity index is 610. The van der Waals surface area contributed by atoms with Crippen molar-refractivity contribution in [1.82, 2.24) is 4.72 Å². The molecule has 0 atom stereocenters. The smallest absolute Gasteiger partial charge is 0.337 e. The lowest BCUT2D eigenvalue weighted by Crippen LogP contribution is -2.37. The molecule has 1 aromatic rings. The summed E-state index contributed by atoms with van der Waals surface area (Å²) in [7, 11) is -3.88. The van der Waals surface area contributed by atoms with E-state index in [1.807, 2.05) is 0 Å². The molecule has 1 fully saturated rings. The minimum Gasteiger partial charge on any atom is -0.478 e. The lowest BCUT2D eigenvalue weighted by atomic mass is 10.2. The highest BCUT2D eigenvalue weighted by Crippen LogP contribution is 2.22. The number of hydrogen-bond donors (Lipinski definition) is 3. The zero-order valence-electron chi connectivity index (χ0n) is 10.7. The number of sulfonamides is 1. The van der Waals surface area contributed by atoms with Gasteiger partial charge in [-0.15, -0.1) is 0 Å². The number of hydrogen-bond acceptors (Lipinski definition) is 5. The summed E-state index contributed by atoms with van der Waals surface area (Å²) in [6, 6.07) is 3.62. The topological polar surface area (TPSA) is 109 Å². The maximum absolute atomic E-state index is 12.3. The molecule has 1 saturated heterocycles. The summed E-state index contributed by atoms with van der Waals surface area (Å²) < 4.78 is 27.3. The summed E-state index contributed by atoms with van der Waals surface area (Å²) in [5, 5.41) is 9.09. The van der Waals surface area contributed by atoms with Gasteiger partial charge in [-0.25, -0.2) is 17.9 Å². The van der Waals surface area contributed by atoms with Gasteiger partial charge in [0.25, 0.3) is 0 Å². The molecule has 0 aliphatic carbocycles. The summed E-state index contributed by atoms with van der Waals surface area (Å²) in [5.74, 6) is 0.510. The first-order valence-electron chi connectivity index (χ1n) is 6.13. The molecule has 1 aliphatic rings. The summed E-state index contributed by atoms with van der Waals surface area (Å²) >= 11 is 1.78. The predicted octanol–water partition coefficient (Wildman–Crippen LogP) is 1.14. The third-order valence-electron chi connectivity index (χ3n) is 3.07. The largest absolute Gasteiger partial charge is 0.478 e. The average Bonchev–Trinajstić information content (AvgIpc) is 2.39. The molecule has 0 aromatic heterocycles. The van der Waals surface area contributed by atoms with E-state index in [1.54, 1.807) is 11.8 Å². The van der Waals surface area contributed by atoms with Crippen LogP contribution >= 0.6 is 11.8 Å². The molecular formula is C12H16N2O4S2. The minimum absolute atomic E-state index is 0.149. The van der Waals surface area contributed by atoms with Crippen LogP contribution in [0.1, 0.15) is 23.2 Å². The Balaban J connectivity index is 2.32. The number of carboxylic acid groups (broad SMARTS) is 1. The van der Waals surface area contributed by atoms with Crippen LogP contribution in [0.3, 0.4) is 0 Å². The average molecular weight is 316 g/mol. The predicted molar refractivity (Wildman–Crippen MR) is 78.5 cm³/mol. The van der Waals surface area contributed by atoms with Crippen molar-refractivity contribution in [3.05, 3.63) is 23.8 Å². The van der Waals surface area contributed by atoms with E-state index in [2.05, 4.69) is 4.72 Å². The van der Waals surface area contributed by atoms with Crippen LogP contribution in [0.2, 0.25) is 0 Å². The summed E-state index contributed by atoms with van der Waals surface area (Å²) in [6.45, 7) is 0. The van der Waals surface area contributed by atoms with Gasteiger partial charge >= 0.3 is 5.97 Å². The van der Waals surface area contributed by atoms with Gasteiger partial charge in [-0.05, 0) is 42.5 Å². The Kier molecular flexibility index (Phi) is 4.56. The number of aromatic carboxylic acids is 1. The second kappa shape index (κ2) is 6.02. The zero-order valence-corrected chi connectivity index (χ0v) is 12.3. The molecule has 0 saturated carbocycles. The number of carboxylic acids is 1. The fraction of sp³-hybridized carbons (Fsp3) is 0.417. The van der Waals surface area contributed by atoms with Crippen LogP contribution in [-0.2, 0) is 10.0 Å². The van der Waals surface area contributed by atoms with Crippen LogP contribution in [0.15, 0.2) is 23.1 Å². The van der Waals surface area contributed by atoms with E-state index in [0.29, 0.717) is 0 Å². The van der Waals surface area contributed by atoms with Crippen molar-refractivity contribution < 1.29 is 18.3 Å². The maximum atomic E-state index is 12.3. The van der Waals surface area contributed by atoms with Gasteiger partial charge in [0.15, 0.2) is 0 Å². The standard InChI is InChI=1S/C12H16N2O4S2/c13-8-1-2-10(12(15)16)11(7-8)20(17,18)14-9-3-5-19-6-4-9/h1-2,7,9,14H,3-6,13H2,(H,15,16). The molecule has 1 aromatic carbocycles. The summed E-state index contributed by atoms with van der Waals surface area (Å²) in [4.78, 5) is 10.9.